The van der Waals surface area contributed by atoms with Crippen LogP contribution in [0.3, 0.4) is 0 Å². The Hall–Kier alpha value is -3.53. The fourth-order valence-corrected chi connectivity index (χ4v) is 4.50. The number of sulfone groups is 1. The van der Waals surface area contributed by atoms with Gasteiger partial charge >= 0.3 is 5.97 Å². The summed E-state index contributed by atoms with van der Waals surface area (Å²) >= 11 is 0. The lowest BCUT2D eigenvalue weighted by molar-refractivity contribution is -0.384. The maximum absolute atomic E-state index is 13.4. The largest absolute Gasteiger partial charge is 0.406 e. The van der Waals surface area contributed by atoms with Crippen molar-refractivity contribution in [2.45, 2.75) is 37.0 Å². The predicted molar refractivity (Wildman–Crippen MR) is 112 cm³/mol. The molecule has 0 saturated carbocycles. The van der Waals surface area contributed by atoms with Crippen molar-refractivity contribution in [1.29, 1.82) is 0 Å². The van der Waals surface area contributed by atoms with Gasteiger partial charge in [-0.15, -0.1) is 0 Å². The van der Waals surface area contributed by atoms with E-state index in [1.54, 1.807) is 30.3 Å². The van der Waals surface area contributed by atoms with Crippen LogP contribution in [0.5, 0.6) is 5.88 Å². The summed E-state index contributed by atoms with van der Waals surface area (Å²) < 4.78 is 33.6. The van der Waals surface area contributed by atoms with Crippen LogP contribution in [-0.2, 0) is 14.6 Å². The molecule has 0 aliphatic heterocycles. The van der Waals surface area contributed by atoms with Crippen molar-refractivity contribution in [3.8, 4) is 11.6 Å². The fraction of sp³-hybridized carbons (Fsp3) is 0.238. The summed E-state index contributed by atoms with van der Waals surface area (Å²) in [6, 6.07) is 13.2. The molecule has 0 atom stereocenters. The number of para-hydroxylation sites is 1. The van der Waals surface area contributed by atoms with Crippen molar-refractivity contribution >= 4 is 21.5 Å². The first-order chi connectivity index (χ1) is 14.6. The van der Waals surface area contributed by atoms with Gasteiger partial charge in [-0.1, -0.05) is 32.0 Å². The minimum absolute atomic E-state index is 0.0106. The lowest BCUT2D eigenvalue weighted by Crippen LogP contribution is -2.15. The van der Waals surface area contributed by atoms with E-state index in [0.717, 1.165) is 24.3 Å². The molecular weight excluding hydrogens is 422 g/mol. The molecule has 2 aromatic carbocycles. The lowest BCUT2D eigenvalue weighted by Gasteiger charge is -2.11. The van der Waals surface area contributed by atoms with Crippen molar-refractivity contribution in [3.63, 3.8) is 0 Å². The highest BCUT2D eigenvalue weighted by atomic mass is 32.2. The molecule has 0 unspecified atom stereocenters. The Kier molecular flexibility index (Phi) is 6.21. The van der Waals surface area contributed by atoms with E-state index in [9.17, 15) is 23.3 Å². The van der Waals surface area contributed by atoms with Crippen LogP contribution < -0.4 is 4.74 Å². The van der Waals surface area contributed by atoms with Crippen molar-refractivity contribution in [3.05, 3.63) is 70.4 Å². The Morgan fingerprint density at radius 3 is 2.29 bits per heavy atom. The fourth-order valence-electron chi connectivity index (χ4n) is 2.98. The van der Waals surface area contributed by atoms with Crippen LogP contribution in [0, 0.1) is 23.0 Å². The number of rotatable bonds is 7. The molecule has 3 rings (SSSR count). The summed E-state index contributed by atoms with van der Waals surface area (Å²) in [5, 5.41) is 15.2. The molecule has 31 heavy (non-hydrogen) atoms. The van der Waals surface area contributed by atoms with Gasteiger partial charge in [-0.05, 0) is 37.1 Å². The maximum Gasteiger partial charge on any atom is 0.312 e. The van der Waals surface area contributed by atoms with Crippen LogP contribution in [0.1, 0.15) is 26.0 Å². The number of aryl methyl sites for hydroxylation is 1. The van der Waals surface area contributed by atoms with Gasteiger partial charge in [0.15, 0.2) is 4.90 Å². The molecule has 1 aromatic heterocycles. The van der Waals surface area contributed by atoms with E-state index in [4.69, 9.17) is 4.74 Å². The summed E-state index contributed by atoms with van der Waals surface area (Å²) in [7, 11) is -4.19. The van der Waals surface area contributed by atoms with Gasteiger partial charge < -0.3 is 4.74 Å². The van der Waals surface area contributed by atoms with E-state index in [1.807, 2.05) is 13.8 Å². The topological polar surface area (TPSA) is 121 Å². The number of benzene rings is 2. The predicted octanol–water partition coefficient (Wildman–Crippen LogP) is 3.87. The Balaban J connectivity index is 2.17. The number of nitrogens with zero attached hydrogens (tertiary/aromatic N) is 3. The Morgan fingerprint density at radius 2 is 1.74 bits per heavy atom. The number of esters is 1. The second kappa shape index (κ2) is 8.68. The quantitative estimate of drug-likeness (QED) is 0.309. The molecule has 9 nitrogen and oxygen atoms in total. The van der Waals surface area contributed by atoms with Crippen molar-refractivity contribution in [2.24, 2.45) is 5.92 Å². The minimum atomic E-state index is -4.19. The SMILES string of the molecule is Cc1nn(-c2ccccc2)c(OC(=O)CC(C)C)c1S(=O)(=O)c1ccc([N+](=O)[O-])cc1. The van der Waals surface area contributed by atoms with E-state index in [0.29, 0.717) is 5.69 Å². The third kappa shape index (κ3) is 4.64. The highest BCUT2D eigenvalue weighted by Crippen LogP contribution is 2.35. The van der Waals surface area contributed by atoms with Gasteiger partial charge in [0.1, 0.15) is 0 Å². The molecule has 1 heterocycles. The second-order valence-corrected chi connectivity index (χ2v) is 9.18. The zero-order valence-corrected chi connectivity index (χ0v) is 18.0. The first-order valence-corrected chi connectivity index (χ1v) is 10.9. The van der Waals surface area contributed by atoms with Gasteiger partial charge in [0, 0.05) is 18.6 Å². The summed E-state index contributed by atoms with van der Waals surface area (Å²) in [5.74, 6) is -0.795. The normalized spacial score (nSPS) is 11.5. The number of hydrogen-bond acceptors (Lipinski definition) is 7. The van der Waals surface area contributed by atoms with E-state index in [1.165, 1.54) is 11.6 Å². The standard InChI is InChI=1S/C21H21N3O6S/c1-14(2)13-19(25)30-21-20(15(3)22-23(21)16-7-5-4-6-8-16)31(28,29)18-11-9-17(10-12-18)24(26)27/h4-12,14H,13H2,1-3H3. The summed E-state index contributed by atoms with van der Waals surface area (Å²) in [6.07, 6.45) is 0.0933. The molecule has 0 bridgehead atoms. The molecule has 0 radical (unpaired) electrons. The van der Waals surface area contributed by atoms with Gasteiger partial charge in [0.05, 0.1) is 21.2 Å². The number of hydrogen-bond donors (Lipinski definition) is 0. The number of carbonyl (C=O) groups is 1. The van der Waals surface area contributed by atoms with Crippen LogP contribution in [0.4, 0.5) is 5.69 Å². The summed E-state index contributed by atoms with van der Waals surface area (Å²) in [4.78, 5) is 22.3. The van der Waals surface area contributed by atoms with Gasteiger partial charge in [0.25, 0.3) is 5.69 Å². The number of nitro benzene ring substituents is 1. The molecule has 3 aromatic rings. The van der Waals surface area contributed by atoms with Crippen molar-refractivity contribution in [2.75, 3.05) is 0 Å². The van der Waals surface area contributed by atoms with Gasteiger partial charge in [-0.25, -0.2) is 8.42 Å². The molecule has 162 valence electrons. The number of ether oxygens (including phenoxy) is 1. The van der Waals surface area contributed by atoms with Crippen molar-refractivity contribution in [1.82, 2.24) is 9.78 Å². The third-order valence-corrected chi connectivity index (χ3v) is 6.28. The Morgan fingerprint density at radius 1 is 1.13 bits per heavy atom. The molecule has 0 N–H and O–H groups in total. The second-order valence-electron chi connectivity index (χ2n) is 7.29. The molecular formula is C21H21N3O6S. The Labute approximate surface area is 179 Å². The van der Waals surface area contributed by atoms with Crippen molar-refractivity contribution < 1.29 is 22.9 Å². The number of carbonyl (C=O) groups excluding carboxylic acids is 1. The monoisotopic (exact) mass is 443 g/mol. The van der Waals surface area contributed by atoms with E-state index < -0.39 is 20.7 Å². The van der Waals surface area contributed by atoms with Gasteiger partial charge in [-0.2, -0.15) is 9.78 Å². The van der Waals surface area contributed by atoms with E-state index in [-0.39, 0.29) is 39.4 Å². The Bertz CT molecular complexity index is 1220. The average molecular weight is 443 g/mol. The molecule has 0 fully saturated rings. The number of aromatic nitrogens is 2. The molecule has 0 aliphatic carbocycles. The smallest absolute Gasteiger partial charge is 0.312 e. The molecule has 0 spiro atoms. The van der Waals surface area contributed by atoms with Crippen LogP contribution in [0.25, 0.3) is 5.69 Å². The first-order valence-electron chi connectivity index (χ1n) is 9.46. The molecule has 0 saturated heterocycles. The zero-order valence-electron chi connectivity index (χ0n) is 17.2. The van der Waals surface area contributed by atoms with Gasteiger partial charge in [-0.3, -0.25) is 14.9 Å². The lowest BCUT2D eigenvalue weighted by atomic mass is 10.1. The maximum atomic E-state index is 13.4. The molecule has 10 heteroatoms. The van der Waals surface area contributed by atoms with Crippen LogP contribution >= 0.6 is 0 Å². The van der Waals surface area contributed by atoms with Crippen LogP contribution in [0.15, 0.2) is 64.4 Å². The van der Waals surface area contributed by atoms with Gasteiger partial charge in [0.2, 0.25) is 15.7 Å². The molecule has 0 aliphatic rings. The number of non-ortho nitro benzene ring substituents is 1. The van der Waals surface area contributed by atoms with E-state index >= 15 is 0 Å². The number of nitro groups is 1. The highest BCUT2D eigenvalue weighted by molar-refractivity contribution is 7.91. The summed E-state index contributed by atoms with van der Waals surface area (Å²) in [5.41, 5.74) is 0.414. The highest BCUT2D eigenvalue weighted by Gasteiger charge is 2.32. The van der Waals surface area contributed by atoms with Crippen LogP contribution in [-0.4, -0.2) is 29.1 Å². The van der Waals surface area contributed by atoms with E-state index in [2.05, 4.69) is 5.10 Å². The third-order valence-electron chi connectivity index (χ3n) is 4.38. The first kappa shape index (κ1) is 22.2. The minimum Gasteiger partial charge on any atom is -0.406 e. The average Bonchev–Trinajstić information content (AvgIpc) is 3.04. The van der Waals surface area contributed by atoms with Crippen LogP contribution in [0.2, 0.25) is 0 Å². The summed E-state index contributed by atoms with van der Waals surface area (Å²) in [6.45, 7) is 5.18. The molecule has 0 amide bonds. The zero-order chi connectivity index (χ0) is 22.8.